The van der Waals surface area contributed by atoms with E-state index < -0.39 is 0 Å². The van der Waals surface area contributed by atoms with Gasteiger partial charge in [-0.25, -0.2) is 0 Å². The summed E-state index contributed by atoms with van der Waals surface area (Å²) in [6.07, 6.45) is 4.37. The number of carbonyl (C=O) groups excluding carboxylic acids is 1. The number of aryl methyl sites for hydroxylation is 2. The van der Waals surface area contributed by atoms with E-state index in [0.717, 1.165) is 36.0 Å². The molecule has 0 N–H and O–H groups in total. The predicted molar refractivity (Wildman–Crippen MR) is 79.9 cm³/mol. The zero-order valence-corrected chi connectivity index (χ0v) is 12.7. The number of halogens is 1. The van der Waals surface area contributed by atoms with E-state index >= 15 is 0 Å². The highest BCUT2D eigenvalue weighted by Crippen LogP contribution is 2.28. The van der Waals surface area contributed by atoms with Crippen molar-refractivity contribution in [2.45, 2.75) is 50.9 Å². The molecular weight excluding hydrogens is 258 g/mol. The third kappa shape index (κ3) is 3.11. The highest BCUT2D eigenvalue weighted by atomic mass is 35.5. The Labute approximate surface area is 120 Å². The molecule has 0 radical (unpaired) electrons. The topological polar surface area (TPSA) is 20.3 Å². The summed E-state index contributed by atoms with van der Waals surface area (Å²) in [7, 11) is 1.88. The summed E-state index contributed by atoms with van der Waals surface area (Å²) < 4.78 is 0. The minimum atomic E-state index is 0.0906. The monoisotopic (exact) mass is 279 g/mol. The number of hydrogen-bond donors (Lipinski definition) is 0. The highest BCUT2D eigenvalue weighted by Gasteiger charge is 2.30. The minimum absolute atomic E-state index is 0.0906. The average molecular weight is 280 g/mol. The van der Waals surface area contributed by atoms with Crippen LogP contribution in [0.2, 0.25) is 0 Å². The van der Waals surface area contributed by atoms with E-state index in [1.807, 2.05) is 44.0 Å². The smallest absolute Gasteiger partial charge is 0.254 e. The summed E-state index contributed by atoms with van der Waals surface area (Å²) in [6.45, 7) is 4.00. The van der Waals surface area contributed by atoms with Crippen LogP contribution in [0.1, 0.15) is 47.2 Å². The number of nitrogens with zero attached hydrogens (tertiary/aromatic N) is 1. The third-order valence-electron chi connectivity index (χ3n) is 4.09. The number of benzene rings is 1. The van der Waals surface area contributed by atoms with Crippen molar-refractivity contribution in [2.75, 3.05) is 7.05 Å². The van der Waals surface area contributed by atoms with Gasteiger partial charge in [0, 0.05) is 18.7 Å². The highest BCUT2D eigenvalue weighted by molar-refractivity contribution is 6.21. The van der Waals surface area contributed by atoms with Crippen molar-refractivity contribution in [3.05, 3.63) is 34.9 Å². The Balaban J connectivity index is 2.20. The van der Waals surface area contributed by atoms with Crippen LogP contribution >= 0.6 is 11.6 Å². The van der Waals surface area contributed by atoms with Gasteiger partial charge < -0.3 is 4.90 Å². The largest absolute Gasteiger partial charge is 0.337 e. The van der Waals surface area contributed by atoms with Gasteiger partial charge in [-0.05, 0) is 38.3 Å². The summed E-state index contributed by atoms with van der Waals surface area (Å²) >= 11 is 6.39. The fourth-order valence-electron chi connectivity index (χ4n) is 2.81. The van der Waals surface area contributed by atoms with E-state index in [1.54, 1.807) is 0 Å². The van der Waals surface area contributed by atoms with Crippen LogP contribution in [0.4, 0.5) is 0 Å². The molecule has 0 saturated heterocycles. The van der Waals surface area contributed by atoms with Crippen LogP contribution in [0.5, 0.6) is 0 Å². The van der Waals surface area contributed by atoms with E-state index in [0.29, 0.717) is 0 Å². The molecule has 2 nitrogen and oxygen atoms in total. The summed E-state index contributed by atoms with van der Waals surface area (Å²) in [5, 5.41) is 0.0906. The van der Waals surface area contributed by atoms with Crippen molar-refractivity contribution in [3.63, 3.8) is 0 Å². The second-order valence-corrected chi connectivity index (χ2v) is 6.16. The molecule has 2 rings (SSSR count). The quantitative estimate of drug-likeness (QED) is 0.751. The van der Waals surface area contributed by atoms with Crippen molar-refractivity contribution in [2.24, 2.45) is 0 Å². The first kappa shape index (κ1) is 14.4. The summed E-state index contributed by atoms with van der Waals surface area (Å²) in [6, 6.07) is 6.19. The van der Waals surface area contributed by atoms with E-state index in [1.165, 1.54) is 6.42 Å². The zero-order chi connectivity index (χ0) is 14.0. The molecule has 0 aliphatic heterocycles. The van der Waals surface area contributed by atoms with Gasteiger partial charge >= 0.3 is 0 Å². The fourth-order valence-corrected chi connectivity index (χ4v) is 3.26. The Morgan fingerprint density at radius 3 is 2.63 bits per heavy atom. The minimum Gasteiger partial charge on any atom is -0.337 e. The van der Waals surface area contributed by atoms with Gasteiger partial charge in [0.2, 0.25) is 0 Å². The van der Waals surface area contributed by atoms with Crippen molar-refractivity contribution in [1.82, 2.24) is 4.90 Å². The molecule has 1 amide bonds. The normalized spacial score (nSPS) is 23.2. The van der Waals surface area contributed by atoms with Gasteiger partial charge in [-0.2, -0.15) is 0 Å². The average Bonchev–Trinajstić information content (AvgIpc) is 2.40. The summed E-state index contributed by atoms with van der Waals surface area (Å²) in [5.41, 5.74) is 2.95. The fraction of sp³-hybridized carbons (Fsp3) is 0.562. The van der Waals surface area contributed by atoms with Gasteiger partial charge in [0.15, 0.2) is 0 Å². The Morgan fingerprint density at radius 1 is 1.26 bits per heavy atom. The molecule has 0 aromatic heterocycles. The lowest BCUT2D eigenvalue weighted by molar-refractivity contribution is 0.0699. The van der Waals surface area contributed by atoms with E-state index in [-0.39, 0.29) is 17.3 Å². The number of alkyl halides is 1. The Bertz CT molecular complexity index is 472. The maximum absolute atomic E-state index is 12.6. The molecule has 19 heavy (non-hydrogen) atoms. The van der Waals surface area contributed by atoms with Gasteiger partial charge in [0.05, 0.1) is 5.38 Å². The molecule has 3 heteroatoms. The third-order valence-corrected chi connectivity index (χ3v) is 4.60. The van der Waals surface area contributed by atoms with Crippen molar-refractivity contribution in [1.29, 1.82) is 0 Å². The van der Waals surface area contributed by atoms with Crippen molar-refractivity contribution < 1.29 is 4.79 Å². The zero-order valence-electron chi connectivity index (χ0n) is 11.9. The second-order valence-electron chi connectivity index (χ2n) is 5.60. The molecule has 2 atom stereocenters. The van der Waals surface area contributed by atoms with Crippen LogP contribution in [-0.4, -0.2) is 29.3 Å². The second kappa shape index (κ2) is 5.96. The molecule has 0 spiro atoms. The molecular formula is C16H22ClNO. The molecule has 1 aromatic rings. The number of hydrogen-bond acceptors (Lipinski definition) is 1. The first-order chi connectivity index (χ1) is 9.00. The molecule has 2 unspecified atom stereocenters. The van der Waals surface area contributed by atoms with E-state index in [9.17, 15) is 4.79 Å². The van der Waals surface area contributed by atoms with Crippen LogP contribution in [0.25, 0.3) is 0 Å². The van der Waals surface area contributed by atoms with Crippen LogP contribution < -0.4 is 0 Å². The number of rotatable bonds is 2. The van der Waals surface area contributed by atoms with Gasteiger partial charge in [0.25, 0.3) is 5.91 Å². The molecule has 1 saturated carbocycles. The molecule has 1 aliphatic rings. The number of amides is 1. The predicted octanol–water partition coefficient (Wildman–Crippen LogP) is 3.93. The Hall–Kier alpha value is -1.02. The number of carbonyl (C=O) groups is 1. The van der Waals surface area contributed by atoms with Gasteiger partial charge in [-0.3, -0.25) is 4.79 Å². The van der Waals surface area contributed by atoms with E-state index in [2.05, 4.69) is 0 Å². The van der Waals surface area contributed by atoms with Gasteiger partial charge in [0.1, 0.15) is 0 Å². The first-order valence-corrected chi connectivity index (χ1v) is 7.43. The lowest BCUT2D eigenvalue weighted by Gasteiger charge is -2.35. The maximum Gasteiger partial charge on any atom is 0.254 e. The Kier molecular flexibility index (Phi) is 4.51. The van der Waals surface area contributed by atoms with Gasteiger partial charge in [-0.15, -0.1) is 11.6 Å². The van der Waals surface area contributed by atoms with Crippen LogP contribution in [0.3, 0.4) is 0 Å². The summed E-state index contributed by atoms with van der Waals surface area (Å²) in [4.78, 5) is 14.5. The Morgan fingerprint density at radius 2 is 1.95 bits per heavy atom. The molecule has 0 bridgehead atoms. The molecule has 0 heterocycles. The lowest BCUT2D eigenvalue weighted by Crippen LogP contribution is -2.44. The van der Waals surface area contributed by atoms with Gasteiger partial charge in [-0.1, -0.05) is 30.5 Å². The van der Waals surface area contributed by atoms with Crippen LogP contribution in [0.15, 0.2) is 18.2 Å². The van der Waals surface area contributed by atoms with Crippen molar-refractivity contribution in [3.8, 4) is 0 Å². The molecule has 104 valence electrons. The molecule has 1 fully saturated rings. The van der Waals surface area contributed by atoms with E-state index in [4.69, 9.17) is 11.6 Å². The van der Waals surface area contributed by atoms with Crippen LogP contribution in [0, 0.1) is 13.8 Å². The maximum atomic E-state index is 12.6. The SMILES string of the molecule is Cc1ccc(C)c(C(=O)N(C)C2CCCCC2Cl)c1. The molecule has 1 aliphatic carbocycles. The molecule has 1 aromatic carbocycles. The first-order valence-electron chi connectivity index (χ1n) is 6.99. The summed E-state index contributed by atoms with van der Waals surface area (Å²) in [5.74, 6) is 0.0961. The standard InChI is InChI=1S/C16H22ClNO/c1-11-8-9-12(2)13(10-11)16(19)18(3)15-7-5-4-6-14(15)17/h8-10,14-15H,4-7H2,1-3H3. The van der Waals surface area contributed by atoms with Crippen LogP contribution in [-0.2, 0) is 0 Å². The lowest BCUT2D eigenvalue weighted by atomic mass is 9.93. The van der Waals surface area contributed by atoms with Crippen molar-refractivity contribution >= 4 is 17.5 Å².